The molecule has 14 N–H and O–H groups in total. The van der Waals surface area contributed by atoms with Crippen molar-refractivity contribution < 1.29 is 109 Å². The van der Waals surface area contributed by atoms with Crippen LogP contribution in [0.15, 0.2) is 6.20 Å². The Labute approximate surface area is 305 Å². The molecule has 5 rings (SSSR count). The fraction of sp³-hybridized carbons (Fsp3) is 0.931. The Morgan fingerprint density at radius 1 is 0.500 bits per heavy atom. The first kappa shape index (κ1) is 43.4. The first-order chi connectivity index (χ1) is 25.7. The van der Waals surface area contributed by atoms with Gasteiger partial charge in [0, 0.05) is 0 Å². The quantitative estimate of drug-likeness (QED) is 0.0784. The van der Waals surface area contributed by atoms with Gasteiger partial charge in [-0.05, 0) is 0 Å². The number of rotatable bonds is 15. The maximum Gasteiger partial charge on any atom is 0.187 e. The normalized spacial score (nSPS) is 46.1. The summed E-state index contributed by atoms with van der Waals surface area (Å²) in [6.45, 7) is -3.63. The molecule has 54 heavy (non-hydrogen) atoms. The molecular weight excluding hydrogens is 742 g/mol. The van der Waals surface area contributed by atoms with Crippen molar-refractivity contribution in [3.63, 3.8) is 0 Å². The predicted molar refractivity (Wildman–Crippen MR) is 164 cm³/mol. The predicted octanol–water partition coefficient (Wildman–Crippen LogP) is -9.94. The lowest BCUT2D eigenvalue weighted by Gasteiger charge is -2.45. The molecule has 1 aromatic heterocycles. The fourth-order valence-electron chi connectivity index (χ4n) is 6.28. The molecule has 1 aromatic rings. The van der Waals surface area contributed by atoms with E-state index < -0.39 is 149 Å². The molecule has 4 aliphatic heterocycles. The van der Waals surface area contributed by atoms with Gasteiger partial charge in [-0.1, -0.05) is 5.21 Å². The highest BCUT2D eigenvalue weighted by atomic mass is 16.8. The van der Waals surface area contributed by atoms with Gasteiger partial charge in [0.1, 0.15) is 103 Å². The molecule has 25 heteroatoms. The summed E-state index contributed by atoms with van der Waals surface area (Å²) in [7, 11) is 0. The molecular formula is C29H49N3O22. The van der Waals surface area contributed by atoms with Crippen LogP contribution < -0.4 is 0 Å². The third kappa shape index (κ3) is 9.34. The standard InChI is InChI=1S/C29H49N3O22/c33-4-10-14(37)18(41)22(45)26(49-10)53-24-20(43)16(39)12(6-35)51-28(24)47-2-1-32-3-9(30-31-32)8-48-29-25(21(44)17(40)13(7-36)52-29)54-27-23(46)19(42)15(38)11(5-34)50-27/h3,10-29,33-46H,1-2,4-8H2/t10-,11-,12-,13-,14-,15-,16-,17-,18+,19+,20+,21+,22+,23+,24+,25+,26+,27+,28+,29+/m1/s1. The first-order valence-corrected chi connectivity index (χ1v) is 17.0. The van der Waals surface area contributed by atoms with Crippen molar-refractivity contribution in [2.75, 3.05) is 33.0 Å². The van der Waals surface area contributed by atoms with Crippen molar-refractivity contribution in [2.24, 2.45) is 0 Å². The van der Waals surface area contributed by atoms with E-state index in [1.807, 2.05) is 0 Å². The molecule has 20 atom stereocenters. The van der Waals surface area contributed by atoms with Gasteiger partial charge in [0.2, 0.25) is 0 Å². The van der Waals surface area contributed by atoms with E-state index in [2.05, 4.69) is 10.3 Å². The van der Waals surface area contributed by atoms with E-state index in [1.54, 1.807) is 0 Å². The first-order valence-electron chi connectivity index (χ1n) is 17.0. The molecule has 0 spiro atoms. The van der Waals surface area contributed by atoms with Crippen LogP contribution in [0.5, 0.6) is 0 Å². The lowest BCUT2D eigenvalue weighted by molar-refractivity contribution is -0.368. The summed E-state index contributed by atoms with van der Waals surface area (Å²) in [5.41, 5.74) is 0.169. The van der Waals surface area contributed by atoms with Gasteiger partial charge in [-0.3, -0.25) is 0 Å². The third-order valence-corrected chi connectivity index (χ3v) is 9.51. The van der Waals surface area contributed by atoms with Crippen LogP contribution in [-0.2, 0) is 51.0 Å². The maximum absolute atomic E-state index is 10.8. The molecule has 0 aromatic carbocycles. The zero-order chi connectivity index (χ0) is 39.4. The molecule has 312 valence electrons. The summed E-state index contributed by atoms with van der Waals surface area (Å²) in [5, 5.41) is 150. The number of hydrogen-bond acceptors (Lipinski definition) is 24. The number of aliphatic hydroxyl groups excluding tert-OH is 14. The van der Waals surface area contributed by atoms with Crippen molar-refractivity contribution in [3.05, 3.63) is 11.9 Å². The van der Waals surface area contributed by atoms with Gasteiger partial charge in [0.25, 0.3) is 0 Å². The number of aliphatic hydroxyl groups is 14. The molecule has 0 saturated carbocycles. The lowest BCUT2D eigenvalue weighted by atomic mass is 9.97. The molecule has 0 bridgehead atoms. The van der Waals surface area contributed by atoms with Gasteiger partial charge in [-0.2, -0.15) is 0 Å². The third-order valence-electron chi connectivity index (χ3n) is 9.51. The van der Waals surface area contributed by atoms with Crippen molar-refractivity contribution >= 4 is 0 Å². The van der Waals surface area contributed by atoms with Crippen LogP contribution in [-0.4, -0.2) is 242 Å². The topological polar surface area (TPSA) is 388 Å². The summed E-state index contributed by atoms with van der Waals surface area (Å²) in [6.07, 6.45) is -31.3. The van der Waals surface area contributed by atoms with Crippen LogP contribution in [0.4, 0.5) is 0 Å². The van der Waals surface area contributed by atoms with Crippen LogP contribution in [0.2, 0.25) is 0 Å². The van der Waals surface area contributed by atoms with E-state index in [9.17, 15) is 71.5 Å². The number of nitrogens with zero attached hydrogens (tertiary/aromatic N) is 3. The molecule has 0 radical (unpaired) electrons. The zero-order valence-electron chi connectivity index (χ0n) is 28.4. The van der Waals surface area contributed by atoms with Crippen molar-refractivity contribution in [2.45, 2.75) is 136 Å². The monoisotopic (exact) mass is 791 g/mol. The average Bonchev–Trinajstić information content (AvgIpc) is 3.63. The number of ether oxygens (including phenoxy) is 8. The van der Waals surface area contributed by atoms with Gasteiger partial charge in [-0.15, -0.1) is 5.10 Å². The van der Waals surface area contributed by atoms with Crippen LogP contribution in [0.1, 0.15) is 5.69 Å². The Morgan fingerprint density at radius 2 is 0.889 bits per heavy atom. The van der Waals surface area contributed by atoms with Gasteiger partial charge in [0.15, 0.2) is 25.2 Å². The van der Waals surface area contributed by atoms with Crippen LogP contribution in [0, 0.1) is 0 Å². The maximum atomic E-state index is 10.8. The second kappa shape index (κ2) is 19.1. The van der Waals surface area contributed by atoms with E-state index in [0.29, 0.717) is 0 Å². The van der Waals surface area contributed by atoms with Gasteiger partial charge in [0.05, 0.1) is 52.4 Å². The van der Waals surface area contributed by atoms with E-state index in [1.165, 1.54) is 10.9 Å². The van der Waals surface area contributed by atoms with E-state index in [-0.39, 0.29) is 25.5 Å². The van der Waals surface area contributed by atoms with E-state index in [0.717, 1.165) is 0 Å². The minimum atomic E-state index is -1.86. The highest BCUT2D eigenvalue weighted by Gasteiger charge is 2.52. The molecule has 0 unspecified atom stereocenters. The highest BCUT2D eigenvalue weighted by molar-refractivity contribution is 4.96. The number of hydrogen-bond donors (Lipinski definition) is 14. The second-order valence-corrected chi connectivity index (χ2v) is 13.2. The Kier molecular flexibility index (Phi) is 15.4. The smallest absolute Gasteiger partial charge is 0.187 e. The molecule has 0 amide bonds. The Hall–Kier alpha value is -1.74. The summed E-state index contributed by atoms with van der Waals surface area (Å²) < 4.78 is 45.8. The Morgan fingerprint density at radius 3 is 1.31 bits per heavy atom. The molecule has 4 aliphatic rings. The van der Waals surface area contributed by atoms with Gasteiger partial charge < -0.3 is 109 Å². The van der Waals surface area contributed by atoms with E-state index >= 15 is 0 Å². The SMILES string of the molecule is OC[C@H]1O[C@@H](O[C@@H]2[C@@H](OCCn3cc(CO[C@H]4O[C@H](CO)[C@@H](O)[C@H](O)[C@@H]4O[C@@H]4O[C@H](CO)[C@@H](O)[C@H](O)[C@@H]4O)nn3)O[C@H](CO)[C@@H](O)[C@@H]2O)[C@@H](O)[C@@H](O)[C@@H]1O. The number of aromatic nitrogens is 3. The average molecular weight is 792 g/mol. The molecule has 5 heterocycles. The van der Waals surface area contributed by atoms with E-state index in [4.69, 9.17) is 37.9 Å². The van der Waals surface area contributed by atoms with Crippen LogP contribution in [0.25, 0.3) is 0 Å². The summed E-state index contributed by atoms with van der Waals surface area (Å²) in [4.78, 5) is 0. The molecule has 4 fully saturated rings. The van der Waals surface area contributed by atoms with Gasteiger partial charge >= 0.3 is 0 Å². The van der Waals surface area contributed by atoms with Crippen LogP contribution in [0.3, 0.4) is 0 Å². The Balaban J connectivity index is 1.19. The Bertz CT molecular complexity index is 1280. The fourth-order valence-corrected chi connectivity index (χ4v) is 6.28. The summed E-state index contributed by atoms with van der Waals surface area (Å²) in [6, 6.07) is 0. The zero-order valence-corrected chi connectivity index (χ0v) is 28.4. The molecule has 0 aliphatic carbocycles. The van der Waals surface area contributed by atoms with Crippen molar-refractivity contribution in [3.8, 4) is 0 Å². The summed E-state index contributed by atoms with van der Waals surface area (Å²) in [5.74, 6) is 0. The minimum Gasteiger partial charge on any atom is -0.394 e. The van der Waals surface area contributed by atoms with Crippen molar-refractivity contribution in [1.29, 1.82) is 0 Å². The lowest BCUT2D eigenvalue weighted by Crippen LogP contribution is -2.64. The summed E-state index contributed by atoms with van der Waals surface area (Å²) >= 11 is 0. The second-order valence-electron chi connectivity index (χ2n) is 13.2. The highest BCUT2D eigenvalue weighted by Crippen LogP contribution is 2.32. The molecule has 25 nitrogen and oxygen atoms in total. The minimum absolute atomic E-state index is 0.0394. The van der Waals surface area contributed by atoms with Crippen LogP contribution >= 0.6 is 0 Å². The largest absolute Gasteiger partial charge is 0.394 e. The van der Waals surface area contributed by atoms with Gasteiger partial charge in [-0.25, -0.2) is 4.68 Å². The molecule has 4 saturated heterocycles. The van der Waals surface area contributed by atoms with Crippen molar-refractivity contribution in [1.82, 2.24) is 15.0 Å².